The van der Waals surface area contributed by atoms with Gasteiger partial charge in [0.25, 0.3) is 5.91 Å². The first-order valence-electron chi connectivity index (χ1n) is 7.60. The van der Waals surface area contributed by atoms with E-state index >= 15 is 0 Å². The summed E-state index contributed by atoms with van der Waals surface area (Å²) in [5, 5.41) is 0.914. The Bertz CT molecular complexity index is 872. The van der Waals surface area contributed by atoms with Gasteiger partial charge in [-0.1, -0.05) is 52.3 Å². The summed E-state index contributed by atoms with van der Waals surface area (Å²) in [4.78, 5) is 14.5. The lowest BCUT2D eigenvalue weighted by atomic mass is 10.1. The molecule has 0 saturated heterocycles. The van der Waals surface area contributed by atoms with Crippen LogP contribution in [0.1, 0.15) is 21.7 Å². The van der Waals surface area contributed by atoms with Crippen LogP contribution in [0.25, 0.3) is 11.0 Å². The highest BCUT2D eigenvalue weighted by atomic mass is 79.9. The van der Waals surface area contributed by atoms with Crippen LogP contribution in [0.2, 0.25) is 0 Å². The molecule has 1 heterocycles. The van der Waals surface area contributed by atoms with E-state index in [1.54, 1.807) is 19.1 Å². The predicted octanol–water partition coefficient (Wildman–Crippen LogP) is 4.61. The third-order valence-corrected chi connectivity index (χ3v) is 4.67. The molecule has 3 rings (SSSR count). The fourth-order valence-corrected chi connectivity index (χ4v) is 3.10. The highest BCUT2D eigenvalue weighted by molar-refractivity contribution is 9.10. The van der Waals surface area contributed by atoms with Gasteiger partial charge in [-0.15, -0.1) is 0 Å². The van der Waals surface area contributed by atoms with E-state index in [1.807, 2.05) is 48.5 Å². The molecule has 2 aromatic carbocycles. The third kappa shape index (κ3) is 3.23. The van der Waals surface area contributed by atoms with Crippen LogP contribution in [-0.4, -0.2) is 25.0 Å². The molecule has 0 aliphatic heterocycles. The van der Waals surface area contributed by atoms with Crippen LogP contribution in [0.4, 0.5) is 0 Å². The van der Waals surface area contributed by atoms with E-state index in [0.717, 1.165) is 21.0 Å². The minimum atomic E-state index is -0.158. The first-order chi connectivity index (χ1) is 11.6. The average Bonchev–Trinajstić information content (AvgIpc) is 2.95. The Balaban J connectivity index is 1.93. The van der Waals surface area contributed by atoms with Gasteiger partial charge in [0, 0.05) is 36.1 Å². The summed E-state index contributed by atoms with van der Waals surface area (Å²) < 4.78 is 12.1. The highest BCUT2D eigenvalue weighted by Gasteiger charge is 2.23. The Labute approximate surface area is 149 Å². The second-order valence-electron chi connectivity index (χ2n) is 5.59. The predicted molar refractivity (Wildman–Crippen MR) is 96.9 cm³/mol. The lowest BCUT2D eigenvalue weighted by molar-refractivity contribution is 0.0749. The van der Waals surface area contributed by atoms with E-state index in [4.69, 9.17) is 9.15 Å². The lowest BCUT2D eigenvalue weighted by Crippen LogP contribution is -2.26. The fourth-order valence-electron chi connectivity index (χ4n) is 2.69. The molecule has 0 fully saturated rings. The zero-order chi connectivity index (χ0) is 17.1. The maximum atomic E-state index is 12.9. The molecular weight excluding hydrogens is 370 g/mol. The summed E-state index contributed by atoms with van der Waals surface area (Å²) in [6, 6.07) is 15.5. The summed E-state index contributed by atoms with van der Waals surface area (Å²) in [5.74, 6) is 0.182. The van der Waals surface area contributed by atoms with E-state index in [-0.39, 0.29) is 5.91 Å². The summed E-state index contributed by atoms with van der Waals surface area (Å²) in [5.41, 5.74) is 2.53. The van der Waals surface area contributed by atoms with Crippen molar-refractivity contribution in [2.24, 2.45) is 0 Å². The zero-order valence-corrected chi connectivity index (χ0v) is 15.2. The molecule has 0 unspecified atom stereocenters. The van der Waals surface area contributed by atoms with E-state index < -0.39 is 0 Å². The van der Waals surface area contributed by atoms with Crippen LogP contribution in [0.3, 0.4) is 0 Å². The van der Waals surface area contributed by atoms with Crippen molar-refractivity contribution in [3.63, 3.8) is 0 Å². The van der Waals surface area contributed by atoms with Crippen molar-refractivity contribution in [2.45, 2.75) is 13.2 Å². The number of fused-ring (bicyclic) bond motifs is 1. The van der Waals surface area contributed by atoms with Gasteiger partial charge in [-0.2, -0.15) is 0 Å². The minimum Gasteiger partial charge on any atom is -0.451 e. The Hall–Kier alpha value is -2.11. The molecular formula is C19H18BrNO3. The van der Waals surface area contributed by atoms with Crippen molar-refractivity contribution in [2.75, 3.05) is 14.2 Å². The molecule has 0 atom stereocenters. The molecule has 0 aliphatic carbocycles. The van der Waals surface area contributed by atoms with E-state index in [1.165, 1.54) is 0 Å². The SMILES string of the molecule is COCc1c(C(=O)N(C)Cc2ccccc2Br)oc2ccccc12. The fraction of sp³-hybridized carbons (Fsp3) is 0.211. The van der Waals surface area contributed by atoms with E-state index in [0.29, 0.717) is 24.5 Å². The second-order valence-corrected chi connectivity index (χ2v) is 6.45. The number of halogens is 1. The molecule has 0 bridgehead atoms. The second kappa shape index (κ2) is 7.20. The minimum absolute atomic E-state index is 0.158. The van der Waals surface area contributed by atoms with Gasteiger partial charge in [0.05, 0.1) is 6.61 Å². The molecule has 0 saturated carbocycles. The van der Waals surface area contributed by atoms with Crippen LogP contribution in [0, 0.1) is 0 Å². The summed E-state index contributed by atoms with van der Waals surface area (Å²) in [6.45, 7) is 0.824. The monoisotopic (exact) mass is 387 g/mol. The van der Waals surface area contributed by atoms with Crippen molar-refractivity contribution in [1.82, 2.24) is 4.90 Å². The molecule has 0 aliphatic rings. The van der Waals surface area contributed by atoms with Gasteiger partial charge in [-0.3, -0.25) is 4.79 Å². The van der Waals surface area contributed by atoms with Crippen molar-refractivity contribution in [3.05, 3.63) is 69.9 Å². The quantitative estimate of drug-likeness (QED) is 0.641. The molecule has 1 aromatic heterocycles. The smallest absolute Gasteiger partial charge is 0.290 e. The van der Waals surface area contributed by atoms with Crippen molar-refractivity contribution in [3.8, 4) is 0 Å². The number of hydrogen-bond donors (Lipinski definition) is 0. The molecule has 124 valence electrons. The van der Waals surface area contributed by atoms with E-state index in [2.05, 4.69) is 15.9 Å². The van der Waals surface area contributed by atoms with Gasteiger partial charge in [0.1, 0.15) is 5.58 Å². The summed E-state index contributed by atoms with van der Waals surface area (Å²) >= 11 is 3.52. The Morgan fingerprint density at radius 2 is 1.88 bits per heavy atom. The number of carbonyl (C=O) groups excluding carboxylic acids is 1. The topological polar surface area (TPSA) is 42.7 Å². The third-order valence-electron chi connectivity index (χ3n) is 3.89. The molecule has 0 spiro atoms. The summed E-state index contributed by atoms with van der Waals surface area (Å²) in [7, 11) is 3.38. The Kier molecular flexibility index (Phi) is 5.02. The van der Waals surface area contributed by atoms with Crippen molar-refractivity contribution in [1.29, 1.82) is 0 Å². The standard InChI is InChI=1S/C19H18BrNO3/c1-21(11-13-7-3-5-9-16(13)20)19(22)18-15(12-23-2)14-8-4-6-10-17(14)24-18/h3-10H,11-12H2,1-2H3. The number of para-hydroxylation sites is 1. The largest absolute Gasteiger partial charge is 0.451 e. The number of methoxy groups -OCH3 is 1. The number of furan rings is 1. The van der Waals surface area contributed by atoms with Gasteiger partial charge >= 0.3 is 0 Å². The lowest BCUT2D eigenvalue weighted by Gasteiger charge is -2.17. The van der Waals surface area contributed by atoms with Crippen LogP contribution >= 0.6 is 15.9 Å². The first kappa shape index (κ1) is 16.7. The number of amides is 1. The van der Waals surface area contributed by atoms with Crippen LogP contribution < -0.4 is 0 Å². The van der Waals surface area contributed by atoms with Gasteiger partial charge in [0.2, 0.25) is 0 Å². The Morgan fingerprint density at radius 3 is 2.62 bits per heavy atom. The number of ether oxygens (including phenoxy) is 1. The number of carbonyl (C=O) groups is 1. The highest BCUT2D eigenvalue weighted by Crippen LogP contribution is 2.28. The first-order valence-corrected chi connectivity index (χ1v) is 8.39. The number of hydrogen-bond acceptors (Lipinski definition) is 3. The molecule has 24 heavy (non-hydrogen) atoms. The number of nitrogens with zero attached hydrogens (tertiary/aromatic N) is 1. The molecule has 4 nitrogen and oxygen atoms in total. The normalized spacial score (nSPS) is 11.0. The maximum Gasteiger partial charge on any atom is 0.290 e. The van der Waals surface area contributed by atoms with Crippen LogP contribution in [-0.2, 0) is 17.9 Å². The number of rotatable bonds is 5. The molecule has 0 N–H and O–H groups in total. The maximum absolute atomic E-state index is 12.9. The van der Waals surface area contributed by atoms with Crippen LogP contribution in [0.5, 0.6) is 0 Å². The zero-order valence-electron chi connectivity index (χ0n) is 13.6. The van der Waals surface area contributed by atoms with Crippen molar-refractivity contribution >= 4 is 32.8 Å². The van der Waals surface area contributed by atoms with Gasteiger partial charge < -0.3 is 14.1 Å². The van der Waals surface area contributed by atoms with Gasteiger partial charge in [0.15, 0.2) is 5.76 Å². The average molecular weight is 388 g/mol. The van der Waals surface area contributed by atoms with Gasteiger partial charge in [-0.05, 0) is 17.7 Å². The molecule has 3 aromatic rings. The molecule has 0 radical (unpaired) electrons. The molecule has 5 heteroatoms. The summed E-state index contributed by atoms with van der Waals surface area (Å²) in [6.07, 6.45) is 0. The number of benzene rings is 2. The van der Waals surface area contributed by atoms with Crippen molar-refractivity contribution < 1.29 is 13.9 Å². The van der Waals surface area contributed by atoms with Gasteiger partial charge in [-0.25, -0.2) is 0 Å². The Morgan fingerprint density at radius 1 is 1.17 bits per heavy atom. The van der Waals surface area contributed by atoms with Crippen LogP contribution in [0.15, 0.2) is 57.4 Å². The van der Waals surface area contributed by atoms with E-state index in [9.17, 15) is 4.79 Å². The molecule has 1 amide bonds.